The average Bonchev–Trinajstić information content (AvgIpc) is 3.50. The minimum atomic E-state index is -2.20. The van der Waals surface area contributed by atoms with Crippen LogP contribution in [0.15, 0.2) is 71.3 Å². The van der Waals surface area contributed by atoms with E-state index in [1.807, 2.05) is 30.3 Å². The van der Waals surface area contributed by atoms with E-state index in [-0.39, 0.29) is 12.3 Å². The van der Waals surface area contributed by atoms with Gasteiger partial charge >= 0.3 is 0 Å². The van der Waals surface area contributed by atoms with E-state index in [0.29, 0.717) is 33.0 Å². The molecule has 1 saturated carbocycles. The van der Waals surface area contributed by atoms with Crippen LogP contribution in [0.1, 0.15) is 47.5 Å². The van der Waals surface area contributed by atoms with Crippen molar-refractivity contribution in [2.75, 3.05) is 5.32 Å². The Balaban J connectivity index is 1.31. The van der Waals surface area contributed by atoms with Crippen molar-refractivity contribution in [3.8, 4) is 11.5 Å². The van der Waals surface area contributed by atoms with Crippen molar-refractivity contribution < 1.29 is 18.1 Å². The molecule has 1 amide bonds. The van der Waals surface area contributed by atoms with E-state index in [1.165, 1.54) is 0 Å². The number of benzene rings is 3. The second kappa shape index (κ2) is 10.4. The maximum Gasteiger partial charge on any atom is 0.257 e. The lowest BCUT2D eigenvalue weighted by atomic mass is 9.94. The Morgan fingerprint density at radius 3 is 2.35 bits per heavy atom. The first-order chi connectivity index (χ1) is 17.8. The molecule has 1 fully saturated rings. The van der Waals surface area contributed by atoms with Crippen molar-refractivity contribution in [1.29, 1.82) is 0 Å². The third-order valence-electron chi connectivity index (χ3n) is 6.53. The Kier molecular flexibility index (Phi) is 7.18. The van der Waals surface area contributed by atoms with E-state index in [0.717, 1.165) is 29.5 Å². The van der Waals surface area contributed by atoms with Crippen molar-refractivity contribution in [2.24, 2.45) is 0 Å². The zero-order valence-electron chi connectivity index (χ0n) is 19.7. The predicted octanol–water partition coefficient (Wildman–Crippen LogP) is 6.24. The summed E-state index contributed by atoms with van der Waals surface area (Å²) in [5, 5.41) is 7.27. The number of carbonyl (C=O) groups excluding carboxylic acids is 1. The van der Waals surface area contributed by atoms with Crippen molar-refractivity contribution in [3.05, 3.63) is 99.3 Å². The Morgan fingerprint density at radius 1 is 1.11 bits per heavy atom. The number of anilines is 1. The number of amides is 1. The summed E-state index contributed by atoms with van der Waals surface area (Å²) in [5.41, 5.74) is 2.91. The first-order valence-corrected chi connectivity index (χ1v) is 13.5. The molecule has 3 aromatic carbocycles. The molecule has 0 radical (unpaired) electrons. The van der Waals surface area contributed by atoms with E-state index < -0.39 is 21.7 Å². The summed E-state index contributed by atoms with van der Waals surface area (Å²) in [4.78, 5) is 17.3. The highest BCUT2D eigenvalue weighted by atomic mass is 35.5. The Bertz CT molecular complexity index is 1450. The van der Waals surface area contributed by atoms with Crippen LogP contribution in [0, 0.1) is 0 Å². The molecule has 1 heterocycles. The van der Waals surface area contributed by atoms with Crippen LogP contribution in [0.5, 0.6) is 0 Å². The van der Waals surface area contributed by atoms with Gasteiger partial charge in [0.25, 0.3) is 5.89 Å². The molecule has 2 unspecified atom stereocenters. The molecular formula is C27H22Cl2N3O4S-. The van der Waals surface area contributed by atoms with Crippen LogP contribution in [0.25, 0.3) is 11.5 Å². The fourth-order valence-electron chi connectivity index (χ4n) is 4.34. The fourth-order valence-corrected chi connectivity index (χ4v) is 5.57. The van der Waals surface area contributed by atoms with E-state index in [2.05, 4.69) is 15.5 Å². The van der Waals surface area contributed by atoms with Gasteiger partial charge in [-0.3, -0.25) is 9.00 Å². The highest BCUT2D eigenvalue weighted by Gasteiger charge is 2.52. The molecule has 0 spiro atoms. The molecule has 0 aliphatic heterocycles. The lowest BCUT2D eigenvalue weighted by Crippen LogP contribution is -2.16. The molecule has 1 aromatic heterocycles. The Labute approximate surface area is 226 Å². The van der Waals surface area contributed by atoms with Gasteiger partial charge in [0.2, 0.25) is 5.91 Å². The number of nitrogens with one attached hydrogen (secondary N) is 1. The van der Waals surface area contributed by atoms with Crippen LogP contribution in [-0.2, 0) is 27.7 Å². The molecule has 0 bridgehead atoms. The third-order valence-corrected chi connectivity index (χ3v) is 7.98. The summed E-state index contributed by atoms with van der Waals surface area (Å²) in [5.74, 6) is 0.715. The van der Waals surface area contributed by atoms with Gasteiger partial charge in [0.15, 0.2) is 5.82 Å². The SMILES string of the molecule is CC(c1ccc(CC(=O)Nc2cc(Cl)c(C3(c4noc(-c5ccccc5)n4)CC3)c(Cl)c2)cc1)S(=O)[O-]. The minimum absolute atomic E-state index is 0.112. The van der Waals surface area contributed by atoms with Gasteiger partial charge in [-0.05, 0) is 66.2 Å². The molecule has 2 atom stereocenters. The average molecular weight is 555 g/mol. The van der Waals surface area contributed by atoms with Gasteiger partial charge in [-0.25, -0.2) is 0 Å². The lowest BCUT2D eigenvalue weighted by Gasteiger charge is -2.17. The van der Waals surface area contributed by atoms with Crippen LogP contribution in [-0.4, -0.2) is 24.8 Å². The summed E-state index contributed by atoms with van der Waals surface area (Å²) < 4.78 is 27.8. The van der Waals surface area contributed by atoms with Crippen molar-refractivity contribution in [2.45, 2.75) is 36.9 Å². The fraction of sp³-hybridized carbons (Fsp3) is 0.222. The summed E-state index contributed by atoms with van der Waals surface area (Å²) in [6.45, 7) is 1.61. The normalized spacial score (nSPS) is 15.7. The number of hydrogen-bond acceptors (Lipinski definition) is 6. The molecule has 5 rings (SSSR count). The minimum Gasteiger partial charge on any atom is -0.772 e. The van der Waals surface area contributed by atoms with Crippen LogP contribution in [0.2, 0.25) is 10.0 Å². The van der Waals surface area contributed by atoms with E-state index in [4.69, 9.17) is 27.7 Å². The first-order valence-electron chi connectivity index (χ1n) is 11.6. The first kappa shape index (κ1) is 25.6. The second-order valence-corrected chi connectivity index (χ2v) is 11.1. The molecule has 1 aliphatic carbocycles. The van der Waals surface area contributed by atoms with Gasteiger partial charge in [-0.2, -0.15) is 4.98 Å². The van der Waals surface area contributed by atoms with Crippen molar-refractivity contribution >= 4 is 45.9 Å². The molecule has 1 aliphatic rings. The van der Waals surface area contributed by atoms with Crippen molar-refractivity contribution in [3.63, 3.8) is 0 Å². The molecular weight excluding hydrogens is 533 g/mol. The molecule has 7 nitrogen and oxygen atoms in total. The van der Waals surface area contributed by atoms with Crippen LogP contribution >= 0.6 is 23.2 Å². The maximum atomic E-state index is 12.7. The second-order valence-electron chi connectivity index (χ2n) is 9.06. The number of carbonyl (C=O) groups is 1. The van der Waals surface area contributed by atoms with Gasteiger partial charge in [-0.1, -0.05) is 70.8 Å². The zero-order chi connectivity index (χ0) is 26.2. The third kappa shape index (κ3) is 5.33. The van der Waals surface area contributed by atoms with Gasteiger partial charge in [0, 0.05) is 32.1 Å². The lowest BCUT2D eigenvalue weighted by molar-refractivity contribution is -0.115. The highest BCUT2D eigenvalue weighted by Crippen LogP contribution is 2.57. The topological polar surface area (TPSA) is 108 Å². The summed E-state index contributed by atoms with van der Waals surface area (Å²) >= 11 is 11.2. The number of nitrogens with zero attached hydrogens (tertiary/aromatic N) is 2. The van der Waals surface area contributed by atoms with Crippen LogP contribution < -0.4 is 5.32 Å². The molecule has 37 heavy (non-hydrogen) atoms. The number of hydrogen-bond donors (Lipinski definition) is 1. The van der Waals surface area contributed by atoms with E-state index in [1.54, 1.807) is 43.3 Å². The Hall–Kier alpha value is -3.04. The molecule has 0 saturated heterocycles. The van der Waals surface area contributed by atoms with Crippen LogP contribution in [0.4, 0.5) is 5.69 Å². The zero-order valence-corrected chi connectivity index (χ0v) is 22.1. The number of aromatic nitrogens is 2. The van der Waals surface area contributed by atoms with E-state index in [9.17, 15) is 13.6 Å². The highest BCUT2D eigenvalue weighted by molar-refractivity contribution is 7.79. The standard InChI is InChI=1S/C27H23Cl2N3O4S/c1-16(37(34)35)18-9-7-17(8-10-18)13-23(33)30-20-14-21(28)24(22(29)15-20)27(11-12-27)26-31-25(36-32-26)19-5-3-2-4-6-19/h2-10,14-16H,11-13H2,1H3,(H,30,33)(H,34,35)/p-1. The predicted molar refractivity (Wildman–Crippen MR) is 142 cm³/mol. The summed E-state index contributed by atoms with van der Waals surface area (Å²) in [6.07, 6.45) is 1.67. The van der Waals surface area contributed by atoms with Gasteiger partial charge in [-0.15, -0.1) is 0 Å². The molecule has 1 N–H and O–H groups in total. The van der Waals surface area contributed by atoms with Gasteiger partial charge in [0.05, 0.1) is 11.8 Å². The number of rotatable bonds is 8. The summed E-state index contributed by atoms with van der Waals surface area (Å²) in [6, 6.07) is 19.8. The summed E-state index contributed by atoms with van der Waals surface area (Å²) in [7, 11) is 0. The molecule has 4 aromatic rings. The molecule has 190 valence electrons. The van der Waals surface area contributed by atoms with E-state index >= 15 is 0 Å². The quantitative estimate of drug-likeness (QED) is 0.258. The maximum absolute atomic E-state index is 12.7. The largest absolute Gasteiger partial charge is 0.772 e. The smallest absolute Gasteiger partial charge is 0.257 e. The Morgan fingerprint density at radius 2 is 1.76 bits per heavy atom. The monoisotopic (exact) mass is 554 g/mol. The van der Waals surface area contributed by atoms with Gasteiger partial charge < -0.3 is 14.4 Å². The number of halogens is 2. The van der Waals surface area contributed by atoms with Crippen LogP contribution in [0.3, 0.4) is 0 Å². The molecule has 10 heteroatoms. The van der Waals surface area contributed by atoms with Gasteiger partial charge in [0.1, 0.15) is 0 Å². The van der Waals surface area contributed by atoms with Crippen molar-refractivity contribution in [1.82, 2.24) is 10.1 Å².